The average molecular weight is 455 g/mol. The van der Waals surface area contributed by atoms with Gasteiger partial charge in [-0.25, -0.2) is 8.42 Å². The van der Waals surface area contributed by atoms with Crippen LogP contribution in [-0.2, 0) is 14.8 Å². The van der Waals surface area contributed by atoms with Crippen LogP contribution in [0.4, 0.5) is 11.4 Å². The van der Waals surface area contributed by atoms with Crippen LogP contribution in [0.1, 0.15) is 23.6 Å². The normalized spacial score (nSPS) is 12.3. The minimum absolute atomic E-state index is 0.0823. The maximum atomic E-state index is 12.6. The molecule has 1 amide bonds. The van der Waals surface area contributed by atoms with Crippen LogP contribution in [0.25, 0.3) is 0 Å². The second-order valence-corrected chi connectivity index (χ2v) is 10.6. The number of aryl methyl sites for hydroxylation is 3. The van der Waals surface area contributed by atoms with E-state index in [9.17, 15) is 13.2 Å². The molecule has 0 heterocycles. The van der Waals surface area contributed by atoms with Crippen LogP contribution in [0.15, 0.2) is 76.5 Å². The van der Waals surface area contributed by atoms with Crippen molar-refractivity contribution < 1.29 is 13.2 Å². The maximum absolute atomic E-state index is 12.6. The summed E-state index contributed by atoms with van der Waals surface area (Å²) in [7, 11) is -3.64. The summed E-state index contributed by atoms with van der Waals surface area (Å²) in [4.78, 5) is 13.7. The van der Waals surface area contributed by atoms with Crippen LogP contribution in [-0.4, -0.2) is 19.6 Å². The molecule has 31 heavy (non-hydrogen) atoms. The summed E-state index contributed by atoms with van der Waals surface area (Å²) in [6.45, 7) is 7.74. The zero-order chi connectivity index (χ0) is 22.6. The number of rotatable bonds is 7. The zero-order valence-corrected chi connectivity index (χ0v) is 19.6. The molecule has 0 radical (unpaired) electrons. The van der Waals surface area contributed by atoms with E-state index in [1.54, 1.807) is 48.5 Å². The van der Waals surface area contributed by atoms with E-state index in [0.717, 1.165) is 27.3 Å². The first-order chi connectivity index (χ1) is 14.6. The minimum Gasteiger partial charge on any atom is -0.325 e. The summed E-state index contributed by atoms with van der Waals surface area (Å²) in [5, 5.41) is 2.66. The molecular weight excluding hydrogens is 428 g/mol. The van der Waals surface area contributed by atoms with Crippen molar-refractivity contribution in [3.05, 3.63) is 83.4 Å². The fourth-order valence-corrected chi connectivity index (χ4v) is 4.90. The van der Waals surface area contributed by atoms with Crippen molar-refractivity contribution in [3.63, 3.8) is 0 Å². The number of carbonyl (C=O) groups is 1. The van der Waals surface area contributed by atoms with Crippen molar-refractivity contribution in [3.8, 4) is 0 Å². The van der Waals surface area contributed by atoms with E-state index in [0.29, 0.717) is 5.69 Å². The Bertz CT molecular complexity index is 1170. The highest BCUT2D eigenvalue weighted by Crippen LogP contribution is 2.27. The number of hydrogen-bond acceptors (Lipinski definition) is 4. The molecule has 0 aliphatic carbocycles. The summed E-state index contributed by atoms with van der Waals surface area (Å²) < 4.78 is 27.6. The van der Waals surface area contributed by atoms with E-state index in [2.05, 4.69) is 10.0 Å². The van der Waals surface area contributed by atoms with Gasteiger partial charge in [0, 0.05) is 16.3 Å². The number of anilines is 2. The Balaban J connectivity index is 1.61. The molecule has 0 saturated heterocycles. The quantitative estimate of drug-likeness (QED) is 0.460. The number of carbonyl (C=O) groups excluding carboxylic acids is 1. The molecule has 162 valence electrons. The van der Waals surface area contributed by atoms with Crippen molar-refractivity contribution in [1.29, 1.82) is 0 Å². The second-order valence-electron chi connectivity index (χ2n) is 7.51. The highest BCUT2D eigenvalue weighted by molar-refractivity contribution is 8.00. The predicted octanol–water partition coefficient (Wildman–Crippen LogP) is 5.53. The van der Waals surface area contributed by atoms with Gasteiger partial charge in [-0.1, -0.05) is 35.4 Å². The standard InChI is InChI=1S/C24H26N2O3S2/c1-16-5-12-22(13-6-16)31(28,29)26-20-8-10-21(11-9-20)30-19(4)24(27)25-23-14-7-17(2)15-18(23)3/h5-15,19,26H,1-4H3,(H,25,27). The Labute approximate surface area is 188 Å². The molecule has 0 saturated carbocycles. The van der Waals surface area contributed by atoms with Crippen molar-refractivity contribution in [2.75, 3.05) is 10.0 Å². The van der Waals surface area contributed by atoms with E-state index in [1.165, 1.54) is 11.8 Å². The molecule has 0 bridgehead atoms. The van der Waals surface area contributed by atoms with Crippen LogP contribution >= 0.6 is 11.8 Å². The lowest BCUT2D eigenvalue weighted by atomic mass is 10.1. The van der Waals surface area contributed by atoms with Gasteiger partial charge in [0.15, 0.2) is 0 Å². The summed E-state index contributed by atoms with van der Waals surface area (Å²) in [6.07, 6.45) is 0. The summed E-state index contributed by atoms with van der Waals surface area (Å²) in [5.41, 5.74) is 4.45. The molecule has 0 aromatic heterocycles. The Morgan fingerprint density at radius 2 is 1.48 bits per heavy atom. The fraction of sp³-hybridized carbons (Fsp3) is 0.208. The molecule has 3 rings (SSSR count). The van der Waals surface area contributed by atoms with Gasteiger partial charge in [0.25, 0.3) is 10.0 Å². The van der Waals surface area contributed by atoms with Gasteiger partial charge in [0.1, 0.15) is 0 Å². The molecule has 0 fully saturated rings. The largest absolute Gasteiger partial charge is 0.325 e. The predicted molar refractivity (Wildman–Crippen MR) is 128 cm³/mol. The molecule has 1 atom stereocenters. The first kappa shape index (κ1) is 22.9. The molecule has 0 aliphatic rings. The van der Waals surface area contributed by atoms with Gasteiger partial charge in [0.2, 0.25) is 5.91 Å². The molecule has 3 aromatic rings. The van der Waals surface area contributed by atoms with Crippen LogP contribution in [0, 0.1) is 20.8 Å². The SMILES string of the molecule is Cc1ccc(S(=O)(=O)Nc2ccc(SC(C)C(=O)Nc3ccc(C)cc3C)cc2)cc1. The minimum atomic E-state index is -3.64. The van der Waals surface area contributed by atoms with Crippen LogP contribution < -0.4 is 10.0 Å². The highest BCUT2D eigenvalue weighted by atomic mass is 32.2. The zero-order valence-electron chi connectivity index (χ0n) is 18.0. The number of hydrogen-bond donors (Lipinski definition) is 2. The lowest BCUT2D eigenvalue weighted by Crippen LogP contribution is -2.22. The Hall–Kier alpha value is -2.77. The van der Waals surface area contributed by atoms with Gasteiger partial charge in [-0.15, -0.1) is 11.8 Å². The summed E-state index contributed by atoms with van der Waals surface area (Å²) in [6, 6.07) is 19.6. The average Bonchev–Trinajstić information content (AvgIpc) is 2.71. The van der Waals surface area contributed by atoms with Gasteiger partial charge in [-0.2, -0.15) is 0 Å². The van der Waals surface area contributed by atoms with Crippen LogP contribution in [0.3, 0.4) is 0 Å². The second kappa shape index (κ2) is 9.58. The summed E-state index contributed by atoms with van der Waals surface area (Å²) >= 11 is 1.42. The number of thioether (sulfide) groups is 1. The molecule has 0 aliphatic heterocycles. The van der Waals surface area contributed by atoms with Gasteiger partial charge in [0.05, 0.1) is 10.1 Å². The van der Waals surface area contributed by atoms with E-state index in [-0.39, 0.29) is 16.1 Å². The third-order valence-corrected chi connectivity index (χ3v) is 7.27. The van der Waals surface area contributed by atoms with Crippen LogP contribution in [0.5, 0.6) is 0 Å². The molecule has 1 unspecified atom stereocenters. The van der Waals surface area contributed by atoms with E-state index in [4.69, 9.17) is 0 Å². The topological polar surface area (TPSA) is 75.3 Å². The molecule has 5 nitrogen and oxygen atoms in total. The van der Waals surface area contributed by atoms with Gasteiger partial charge in [-0.05, 0) is 75.7 Å². The maximum Gasteiger partial charge on any atom is 0.261 e. The fourth-order valence-electron chi connectivity index (χ4n) is 2.98. The number of amides is 1. The Morgan fingerprint density at radius 1 is 0.871 bits per heavy atom. The highest BCUT2D eigenvalue weighted by Gasteiger charge is 2.17. The van der Waals surface area contributed by atoms with Crippen molar-refractivity contribution in [1.82, 2.24) is 0 Å². The lowest BCUT2D eigenvalue weighted by Gasteiger charge is -2.14. The molecule has 0 spiro atoms. The Morgan fingerprint density at radius 3 is 2.10 bits per heavy atom. The van der Waals surface area contributed by atoms with Crippen molar-refractivity contribution in [2.45, 2.75) is 42.7 Å². The third-order valence-electron chi connectivity index (χ3n) is 4.76. The van der Waals surface area contributed by atoms with Crippen molar-refractivity contribution in [2.24, 2.45) is 0 Å². The number of benzene rings is 3. The number of nitrogens with one attached hydrogen (secondary N) is 2. The summed E-state index contributed by atoms with van der Waals surface area (Å²) in [5.74, 6) is -0.0823. The monoisotopic (exact) mass is 454 g/mol. The van der Waals surface area contributed by atoms with E-state index >= 15 is 0 Å². The van der Waals surface area contributed by atoms with Crippen molar-refractivity contribution >= 4 is 39.1 Å². The molecule has 2 N–H and O–H groups in total. The van der Waals surface area contributed by atoms with Gasteiger partial charge in [-0.3, -0.25) is 9.52 Å². The van der Waals surface area contributed by atoms with Gasteiger partial charge >= 0.3 is 0 Å². The van der Waals surface area contributed by atoms with Crippen LogP contribution in [0.2, 0.25) is 0 Å². The molecule has 3 aromatic carbocycles. The Kier molecular flexibility index (Phi) is 7.08. The molecular formula is C24H26N2O3S2. The van der Waals surface area contributed by atoms with E-state index < -0.39 is 10.0 Å². The first-order valence-corrected chi connectivity index (χ1v) is 12.2. The lowest BCUT2D eigenvalue weighted by molar-refractivity contribution is -0.115. The first-order valence-electron chi connectivity index (χ1n) is 9.88. The molecule has 7 heteroatoms. The number of sulfonamides is 1. The van der Waals surface area contributed by atoms with Gasteiger partial charge < -0.3 is 5.32 Å². The third kappa shape index (κ3) is 6.12. The smallest absolute Gasteiger partial charge is 0.261 e. The van der Waals surface area contributed by atoms with E-state index in [1.807, 2.05) is 45.9 Å².